The number of nitrogens with one attached hydrogen (secondary N) is 1. The lowest BCUT2D eigenvalue weighted by atomic mass is 10.0. The molecule has 2 atom stereocenters. The van der Waals surface area contributed by atoms with E-state index >= 15 is 0 Å². The van der Waals surface area contributed by atoms with Gasteiger partial charge in [0.15, 0.2) is 0 Å². The van der Waals surface area contributed by atoms with Gasteiger partial charge in [0, 0.05) is 24.7 Å². The first-order valence-corrected chi connectivity index (χ1v) is 8.21. The Bertz CT molecular complexity index is 620. The molecular formula is C17H22FN3O2. The van der Waals surface area contributed by atoms with E-state index in [2.05, 4.69) is 5.32 Å². The molecule has 1 saturated heterocycles. The van der Waals surface area contributed by atoms with Gasteiger partial charge in [0.05, 0.1) is 5.56 Å². The molecule has 1 aliphatic heterocycles. The van der Waals surface area contributed by atoms with E-state index in [0.29, 0.717) is 25.2 Å². The first kappa shape index (κ1) is 15.9. The molecule has 23 heavy (non-hydrogen) atoms. The van der Waals surface area contributed by atoms with E-state index in [4.69, 9.17) is 5.73 Å². The smallest absolute Gasteiger partial charge is 0.254 e. The average Bonchev–Trinajstić information content (AvgIpc) is 3.16. The van der Waals surface area contributed by atoms with Crippen LogP contribution in [0.25, 0.3) is 0 Å². The van der Waals surface area contributed by atoms with Crippen LogP contribution in [0.5, 0.6) is 0 Å². The Morgan fingerprint density at radius 3 is 2.87 bits per heavy atom. The molecule has 3 rings (SSSR count). The summed E-state index contributed by atoms with van der Waals surface area (Å²) in [6.45, 7) is 1.14. The first-order valence-electron chi connectivity index (χ1n) is 8.21. The second-order valence-electron chi connectivity index (χ2n) is 6.32. The number of carbonyl (C=O) groups is 2. The van der Waals surface area contributed by atoms with Gasteiger partial charge in [-0.1, -0.05) is 6.42 Å². The Morgan fingerprint density at radius 1 is 1.35 bits per heavy atom. The van der Waals surface area contributed by atoms with Crippen molar-refractivity contribution in [3.63, 3.8) is 0 Å². The topological polar surface area (TPSA) is 75.4 Å². The second kappa shape index (κ2) is 6.66. The normalized spacial score (nSPS) is 24.3. The minimum atomic E-state index is -0.569. The Kier molecular flexibility index (Phi) is 4.61. The summed E-state index contributed by atoms with van der Waals surface area (Å²) in [5, 5.41) is 2.90. The second-order valence-corrected chi connectivity index (χ2v) is 6.32. The molecular weight excluding hydrogens is 297 g/mol. The summed E-state index contributed by atoms with van der Waals surface area (Å²) >= 11 is 0. The fourth-order valence-electron chi connectivity index (χ4n) is 3.53. The van der Waals surface area contributed by atoms with E-state index in [9.17, 15) is 14.0 Å². The molecule has 124 valence electrons. The standard InChI is InChI=1S/C17H22FN3O2/c18-14-7-6-12(21-8-2-5-16(21)22)9-13(14)17(23)20-15-4-1-3-11(15)10-19/h6-7,9,11,15H,1-5,8,10,19H2,(H,20,23)/t11-,15-/m1/s1. The lowest BCUT2D eigenvalue weighted by Crippen LogP contribution is -2.40. The van der Waals surface area contributed by atoms with Crippen LogP contribution >= 0.6 is 0 Å². The predicted octanol–water partition coefficient (Wildman–Crippen LogP) is 1.81. The van der Waals surface area contributed by atoms with Crippen LogP contribution in [0.4, 0.5) is 10.1 Å². The Morgan fingerprint density at radius 2 is 2.17 bits per heavy atom. The van der Waals surface area contributed by atoms with Gasteiger partial charge >= 0.3 is 0 Å². The van der Waals surface area contributed by atoms with E-state index in [1.54, 1.807) is 11.0 Å². The summed E-state index contributed by atoms with van der Waals surface area (Å²) < 4.78 is 14.1. The van der Waals surface area contributed by atoms with E-state index in [1.807, 2.05) is 0 Å². The third-order valence-corrected chi connectivity index (χ3v) is 4.86. The summed E-state index contributed by atoms with van der Waals surface area (Å²) in [6, 6.07) is 4.28. The SMILES string of the molecule is NC[C@H]1CCC[C@H]1NC(=O)c1cc(N2CCCC2=O)ccc1F. The molecule has 1 saturated carbocycles. The molecule has 0 spiro atoms. The minimum Gasteiger partial charge on any atom is -0.349 e. The molecule has 2 fully saturated rings. The zero-order valence-electron chi connectivity index (χ0n) is 13.1. The molecule has 0 unspecified atom stereocenters. The first-order chi connectivity index (χ1) is 11.1. The number of hydrogen-bond donors (Lipinski definition) is 2. The third-order valence-electron chi connectivity index (χ3n) is 4.86. The van der Waals surface area contributed by atoms with E-state index < -0.39 is 11.7 Å². The van der Waals surface area contributed by atoms with Crippen molar-refractivity contribution in [3.05, 3.63) is 29.6 Å². The van der Waals surface area contributed by atoms with Crippen molar-refractivity contribution in [2.75, 3.05) is 18.0 Å². The van der Waals surface area contributed by atoms with E-state index in [0.717, 1.165) is 25.7 Å². The zero-order chi connectivity index (χ0) is 16.4. The van der Waals surface area contributed by atoms with E-state index in [1.165, 1.54) is 12.1 Å². The van der Waals surface area contributed by atoms with Crippen molar-refractivity contribution < 1.29 is 14.0 Å². The molecule has 1 aromatic carbocycles. The molecule has 3 N–H and O–H groups in total. The fraction of sp³-hybridized carbons (Fsp3) is 0.529. The van der Waals surface area contributed by atoms with Gasteiger partial charge in [0.25, 0.3) is 5.91 Å². The number of halogens is 1. The van der Waals surface area contributed by atoms with Crippen LogP contribution in [-0.4, -0.2) is 30.9 Å². The molecule has 1 aliphatic carbocycles. The number of nitrogens with two attached hydrogens (primary N) is 1. The van der Waals surface area contributed by atoms with Gasteiger partial charge < -0.3 is 16.0 Å². The number of anilines is 1. The molecule has 6 heteroatoms. The minimum absolute atomic E-state index is 0.00368. The number of amides is 2. The largest absolute Gasteiger partial charge is 0.349 e. The number of nitrogens with zero attached hydrogens (tertiary/aromatic N) is 1. The molecule has 5 nitrogen and oxygen atoms in total. The highest BCUT2D eigenvalue weighted by Crippen LogP contribution is 2.27. The van der Waals surface area contributed by atoms with Gasteiger partial charge in [-0.25, -0.2) is 4.39 Å². The van der Waals surface area contributed by atoms with Gasteiger partial charge in [-0.3, -0.25) is 9.59 Å². The van der Waals surface area contributed by atoms with Crippen molar-refractivity contribution in [2.45, 2.75) is 38.1 Å². The predicted molar refractivity (Wildman–Crippen MR) is 85.6 cm³/mol. The zero-order valence-corrected chi connectivity index (χ0v) is 13.1. The van der Waals surface area contributed by atoms with Gasteiger partial charge in [-0.15, -0.1) is 0 Å². The van der Waals surface area contributed by atoms with Crippen LogP contribution in [0.3, 0.4) is 0 Å². The summed E-state index contributed by atoms with van der Waals surface area (Å²) in [7, 11) is 0. The maximum Gasteiger partial charge on any atom is 0.254 e. The summed E-state index contributed by atoms with van der Waals surface area (Å²) in [6.07, 6.45) is 4.18. The van der Waals surface area contributed by atoms with Gasteiger partial charge in [0.1, 0.15) is 5.82 Å². The van der Waals surface area contributed by atoms with Crippen LogP contribution < -0.4 is 16.0 Å². The molecule has 2 aliphatic rings. The highest BCUT2D eigenvalue weighted by molar-refractivity contribution is 5.99. The maximum absolute atomic E-state index is 14.1. The Hall–Kier alpha value is -1.95. The highest BCUT2D eigenvalue weighted by Gasteiger charge is 2.29. The van der Waals surface area contributed by atoms with Gasteiger partial charge in [-0.05, 0) is 49.9 Å². The van der Waals surface area contributed by atoms with Gasteiger partial charge in [0.2, 0.25) is 5.91 Å². The maximum atomic E-state index is 14.1. The molecule has 1 heterocycles. The third kappa shape index (κ3) is 3.22. The van der Waals surface area contributed by atoms with E-state index in [-0.39, 0.29) is 23.4 Å². The average molecular weight is 319 g/mol. The van der Waals surface area contributed by atoms with Crippen LogP contribution in [0, 0.1) is 11.7 Å². The summed E-state index contributed by atoms with van der Waals surface area (Å²) in [5.41, 5.74) is 6.30. The molecule has 0 radical (unpaired) electrons. The Labute approximate surface area is 135 Å². The molecule has 0 aromatic heterocycles. The van der Waals surface area contributed by atoms with Crippen LogP contribution in [0.1, 0.15) is 42.5 Å². The molecule has 2 amide bonds. The fourth-order valence-corrected chi connectivity index (χ4v) is 3.53. The lowest BCUT2D eigenvalue weighted by Gasteiger charge is -2.21. The number of carbonyl (C=O) groups excluding carboxylic acids is 2. The van der Waals surface area contributed by atoms with Gasteiger partial charge in [-0.2, -0.15) is 0 Å². The monoisotopic (exact) mass is 319 g/mol. The number of hydrogen-bond acceptors (Lipinski definition) is 3. The quantitative estimate of drug-likeness (QED) is 0.889. The highest BCUT2D eigenvalue weighted by atomic mass is 19.1. The van der Waals surface area contributed by atoms with Crippen molar-refractivity contribution in [1.82, 2.24) is 5.32 Å². The van der Waals surface area contributed by atoms with Crippen LogP contribution in [-0.2, 0) is 4.79 Å². The van der Waals surface area contributed by atoms with Crippen LogP contribution in [0.15, 0.2) is 18.2 Å². The Balaban J connectivity index is 1.78. The van der Waals surface area contributed by atoms with Crippen LogP contribution in [0.2, 0.25) is 0 Å². The van der Waals surface area contributed by atoms with Crippen molar-refractivity contribution in [2.24, 2.45) is 11.7 Å². The summed E-state index contributed by atoms with van der Waals surface area (Å²) in [5.74, 6) is -0.728. The lowest BCUT2D eigenvalue weighted by molar-refractivity contribution is -0.117. The molecule has 0 bridgehead atoms. The summed E-state index contributed by atoms with van der Waals surface area (Å²) in [4.78, 5) is 25.9. The van der Waals surface area contributed by atoms with Crippen molar-refractivity contribution in [1.29, 1.82) is 0 Å². The van der Waals surface area contributed by atoms with Crippen molar-refractivity contribution in [3.8, 4) is 0 Å². The number of benzene rings is 1. The number of rotatable bonds is 4. The molecule has 1 aromatic rings. The van der Waals surface area contributed by atoms with Crippen molar-refractivity contribution >= 4 is 17.5 Å².